The molecule has 0 bridgehead atoms. The van der Waals surface area contributed by atoms with Crippen molar-refractivity contribution >= 4 is 0 Å². The zero-order chi connectivity index (χ0) is 13.2. The molecule has 1 aromatic rings. The first kappa shape index (κ1) is 13.5. The fourth-order valence-corrected chi connectivity index (χ4v) is 2.30. The molecule has 1 N–H and O–H groups in total. The largest absolute Gasteiger partial charge is 0.390 e. The smallest absolute Gasteiger partial charge is 0.141 e. The molecule has 5 heteroatoms. The minimum Gasteiger partial charge on any atom is -0.390 e. The van der Waals surface area contributed by atoms with Gasteiger partial charge >= 0.3 is 0 Å². The highest BCUT2D eigenvalue weighted by molar-refractivity contribution is 4.88. The van der Waals surface area contributed by atoms with Gasteiger partial charge in [-0.1, -0.05) is 13.8 Å². The minimum atomic E-state index is -0.484. The van der Waals surface area contributed by atoms with E-state index in [0.717, 1.165) is 44.8 Å². The molecule has 18 heavy (non-hydrogen) atoms. The van der Waals surface area contributed by atoms with Gasteiger partial charge in [-0.15, -0.1) is 0 Å². The highest BCUT2D eigenvalue weighted by Gasteiger charge is 2.27. The lowest BCUT2D eigenvalue weighted by atomic mass is 9.94. The fourth-order valence-electron chi connectivity index (χ4n) is 2.30. The SMILES string of the molecule is CC(C)Cn1ncnc1CN1CCC(C)(O)CC1. The van der Waals surface area contributed by atoms with E-state index >= 15 is 0 Å². The van der Waals surface area contributed by atoms with Crippen LogP contribution in [0.15, 0.2) is 6.33 Å². The Morgan fingerprint density at radius 2 is 2.06 bits per heavy atom. The molecule has 1 aliphatic heterocycles. The summed E-state index contributed by atoms with van der Waals surface area (Å²) in [6.07, 6.45) is 3.31. The molecule has 1 fully saturated rings. The molecule has 1 aromatic heterocycles. The molecule has 0 unspecified atom stereocenters. The normalized spacial score (nSPS) is 20.5. The van der Waals surface area contributed by atoms with E-state index in [2.05, 4.69) is 28.8 Å². The van der Waals surface area contributed by atoms with Crippen LogP contribution in [0.25, 0.3) is 0 Å². The first-order valence-electron chi connectivity index (χ1n) is 6.78. The summed E-state index contributed by atoms with van der Waals surface area (Å²) in [5.74, 6) is 1.61. The van der Waals surface area contributed by atoms with Crippen LogP contribution in [0.4, 0.5) is 0 Å². The van der Waals surface area contributed by atoms with Crippen molar-refractivity contribution in [3.8, 4) is 0 Å². The van der Waals surface area contributed by atoms with Crippen LogP contribution in [0, 0.1) is 5.92 Å². The van der Waals surface area contributed by atoms with Gasteiger partial charge in [-0.2, -0.15) is 5.10 Å². The van der Waals surface area contributed by atoms with Crippen molar-refractivity contribution in [3.63, 3.8) is 0 Å². The van der Waals surface area contributed by atoms with Crippen LogP contribution in [0.2, 0.25) is 0 Å². The molecule has 0 atom stereocenters. The van der Waals surface area contributed by atoms with Gasteiger partial charge in [0.2, 0.25) is 0 Å². The highest BCUT2D eigenvalue weighted by atomic mass is 16.3. The standard InChI is InChI=1S/C13H24N4O/c1-11(2)8-17-12(14-10-15-17)9-16-6-4-13(3,18)5-7-16/h10-11,18H,4-9H2,1-3H3. The van der Waals surface area contributed by atoms with Crippen LogP contribution in [0.3, 0.4) is 0 Å². The predicted molar refractivity (Wildman–Crippen MR) is 70.0 cm³/mol. The Labute approximate surface area is 109 Å². The van der Waals surface area contributed by atoms with E-state index in [9.17, 15) is 5.11 Å². The van der Waals surface area contributed by atoms with Crippen LogP contribution < -0.4 is 0 Å². The van der Waals surface area contributed by atoms with Gasteiger partial charge in [0.25, 0.3) is 0 Å². The molecule has 0 aliphatic carbocycles. The summed E-state index contributed by atoms with van der Waals surface area (Å²) in [7, 11) is 0. The van der Waals surface area contributed by atoms with Gasteiger partial charge in [0.05, 0.1) is 12.1 Å². The molecule has 0 radical (unpaired) electrons. The van der Waals surface area contributed by atoms with Crippen molar-refractivity contribution in [2.75, 3.05) is 13.1 Å². The van der Waals surface area contributed by atoms with Crippen LogP contribution >= 0.6 is 0 Å². The highest BCUT2D eigenvalue weighted by Crippen LogP contribution is 2.22. The number of rotatable bonds is 4. The molecule has 2 rings (SSSR count). The summed E-state index contributed by atoms with van der Waals surface area (Å²) in [6.45, 7) is 9.91. The second-order valence-electron chi connectivity index (χ2n) is 6.03. The summed E-state index contributed by atoms with van der Waals surface area (Å²) >= 11 is 0. The lowest BCUT2D eigenvalue weighted by Gasteiger charge is -2.35. The van der Waals surface area contributed by atoms with E-state index in [0.29, 0.717) is 5.92 Å². The van der Waals surface area contributed by atoms with Crippen LogP contribution in [-0.4, -0.2) is 43.5 Å². The maximum absolute atomic E-state index is 9.93. The second-order valence-corrected chi connectivity index (χ2v) is 6.03. The molecule has 5 nitrogen and oxygen atoms in total. The Bertz CT molecular complexity index is 376. The number of aliphatic hydroxyl groups is 1. The quantitative estimate of drug-likeness (QED) is 0.877. The topological polar surface area (TPSA) is 54.2 Å². The summed E-state index contributed by atoms with van der Waals surface area (Å²) in [6, 6.07) is 0. The molecular formula is C13H24N4O. The molecule has 102 valence electrons. The summed E-state index contributed by atoms with van der Waals surface area (Å²) in [4.78, 5) is 6.69. The van der Waals surface area contributed by atoms with E-state index in [-0.39, 0.29) is 0 Å². The number of nitrogens with zero attached hydrogens (tertiary/aromatic N) is 4. The van der Waals surface area contributed by atoms with E-state index in [1.54, 1.807) is 6.33 Å². The van der Waals surface area contributed by atoms with E-state index < -0.39 is 5.60 Å². The third-order valence-corrected chi connectivity index (χ3v) is 3.53. The van der Waals surface area contributed by atoms with Crippen molar-refractivity contribution in [2.24, 2.45) is 5.92 Å². The summed E-state index contributed by atoms with van der Waals surface area (Å²) in [5.41, 5.74) is -0.484. The first-order chi connectivity index (χ1) is 8.46. The van der Waals surface area contributed by atoms with Crippen molar-refractivity contribution in [3.05, 3.63) is 12.2 Å². The van der Waals surface area contributed by atoms with Crippen molar-refractivity contribution in [1.82, 2.24) is 19.7 Å². The van der Waals surface area contributed by atoms with Crippen molar-refractivity contribution in [2.45, 2.75) is 52.3 Å². The van der Waals surface area contributed by atoms with E-state index in [1.165, 1.54) is 0 Å². The molecule has 1 saturated heterocycles. The Hall–Kier alpha value is -0.940. The number of hydrogen-bond acceptors (Lipinski definition) is 4. The summed E-state index contributed by atoms with van der Waals surface area (Å²) in [5, 5.41) is 14.2. The van der Waals surface area contributed by atoms with Crippen LogP contribution in [-0.2, 0) is 13.1 Å². The molecular weight excluding hydrogens is 228 g/mol. The van der Waals surface area contributed by atoms with Gasteiger partial charge in [-0.3, -0.25) is 4.90 Å². The summed E-state index contributed by atoms with van der Waals surface area (Å²) < 4.78 is 2.00. The van der Waals surface area contributed by atoms with Crippen LogP contribution in [0.5, 0.6) is 0 Å². The van der Waals surface area contributed by atoms with E-state index in [1.807, 2.05) is 11.6 Å². The Morgan fingerprint density at radius 3 is 2.67 bits per heavy atom. The van der Waals surface area contributed by atoms with Gasteiger partial charge in [0, 0.05) is 19.6 Å². The maximum atomic E-state index is 9.93. The molecule has 1 aliphatic rings. The lowest BCUT2D eigenvalue weighted by molar-refractivity contribution is -0.00818. The Balaban J connectivity index is 1.92. The number of likely N-dealkylation sites (tertiary alicyclic amines) is 1. The van der Waals surface area contributed by atoms with E-state index in [4.69, 9.17) is 0 Å². The zero-order valence-corrected chi connectivity index (χ0v) is 11.6. The number of piperidine rings is 1. The van der Waals surface area contributed by atoms with Gasteiger partial charge < -0.3 is 5.11 Å². The molecule has 0 aromatic carbocycles. The van der Waals surface area contributed by atoms with Gasteiger partial charge in [-0.05, 0) is 25.7 Å². The van der Waals surface area contributed by atoms with Crippen LogP contribution in [0.1, 0.15) is 39.4 Å². The minimum absolute atomic E-state index is 0.484. The lowest BCUT2D eigenvalue weighted by Crippen LogP contribution is -2.42. The van der Waals surface area contributed by atoms with Gasteiger partial charge in [-0.25, -0.2) is 9.67 Å². The third kappa shape index (κ3) is 3.53. The molecule has 0 amide bonds. The van der Waals surface area contributed by atoms with Gasteiger partial charge in [0.1, 0.15) is 12.2 Å². The number of aromatic nitrogens is 3. The molecule has 0 saturated carbocycles. The Kier molecular flexibility index (Phi) is 4.02. The van der Waals surface area contributed by atoms with Crippen molar-refractivity contribution < 1.29 is 5.11 Å². The molecule has 2 heterocycles. The Morgan fingerprint density at radius 1 is 1.39 bits per heavy atom. The zero-order valence-electron chi connectivity index (χ0n) is 11.6. The second kappa shape index (κ2) is 5.36. The molecule has 0 spiro atoms. The number of hydrogen-bond donors (Lipinski definition) is 1. The first-order valence-corrected chi connectivity index (χ1v) is 6.78. The predicted octanol–water partition coefficient (Wildman–Crippen LogP) is 1.28. The third-order valence-electron chi connectivity index (χ3n) is 3.53. The van der Waals surface area contributed by atoms with Crippen molar-refractivity contribution in [1.29, 1.82) is 0 Å². The maximum Gasteiger partial charge on any atom is 0.141 e. The average molecular weight is 252 g/mol. The fraction of sp³-hybridized carbons (Fsp3) is 0.846. The monoisotopic (exact) mass is 252 g/mol. The van der Waals surface area contributed by atoms with Gasteiger partial charge in [0.15, 0.2) is 0 Å². The average Bonchev–Trinajstić information content (AvgIpc) is 2.68.